The fourth-order valence-electron chi connectivity index (χ4n) is 4.81. The molecule has 4 nitrogen and oxygen atoms in total. The van der Waals surface area contributed by atoms with Crippen LogP contribution in [-0.2, 0) is 20.5 Å². The molecule has 2 rings (SSSR count). The van der Waals surface area contributed by atoms with Gasteiger partial charge in [0, 0.05) is 5.92 Å². The monoisotopic (exact) mass is 408 g/mol. The van der Waals surface area contributed by atoms with Crippen LogP contribution in [0.5, 0.6) is 0 Å². The predicted octanol–water partition coefficient (Wildman–Crippen LogP) is 5.16. The van der Waals surface area contributed by atoms with Crippen LogP contribution in [0.3, 0.4) is 0 Å². The summed E-state index contributed by atoms with van der Waals surface area (Å²) in [6, 6.07) is 10.3. The van der Waals surface area contributed by atoms with Crippen LogP contribution in [0.1, 0.15) is 54.0 Å². The Morgan fingerprint density at radius 2 is 1.54 bits per heavy atom. The van der Waals surface area contributed by atoms with Crippen LogP contribution < -0.4 is 0 Å². The quantitative estimate of drug-likeness (QED) is 0.383. The van der Waals surface area contributed by atoms with E-state index < -0.39 is 8.32 Å². The van der Waals surface area contributed by atoms with Gasteiger partial charge in [-0.25, -0.2) is 0 Å². The summed E-state index contributed by atoms with van der Waals surface area (Å²) in [6.45, 7) is 17.2. The number of aliphatic hydroxyl groups is 1. The fraction of sp³-hybridized carbons (Fsp3) is 0.739. The Kier molecular flexibility index (Phi) is 8.71. The summed E-state index contributed by atoms with van der Waals surface area (Å²) in [5, 5.41) is 9.44. The summed E-state index contributed by atoms with van der Waals surface area (Å²) in [6.07, 6.45) is -0.0129. The Balaban J connectivity index is 2.14. The average Bonchev–Trinajstić information content (AvgIpc) is 3.43. The lowest BCUT2D eigenvalue weighted by molar-refractivity contribution is 0.000917. The van der Waals surface area contributed by atoms with Crippen LogP contribution >= 0.6 is 0 Å². The fourth-order valence-corrected chi connectivity index (χ4v) is 10.4. The van der Waals surface area contributed by atoms with Crippen molar-refractivity contribution in [2.45, 2.75) is 90.0 Å². The molecule has 1 aliphatic heterocycles. The zero-order valence-electron chi connectivity index (χ0n) is 18.7. The number of hydrogen-bond acceptors (Lipinski definition) is 4. The van der Waals surface area contributed by atoms with E-state index in [0.717, 1.165) is 0 Å². The highest BCUT2D eigenvalue weighted by Crippen LogP contribution is 2.45. The van der Waals surface area contributed by atoms with Crippen molar-refractivity contribution in [3.05, 3.63) is 35.9 Å². The number of ether oxygens (including phenoxy) is 2. The summed E-state index contributed by atoms with van der Waals surface area (Å²) in [4.78, 5) is 0. The molecular formula is C23H40O4Si. The number of epoxide rings is 1. The van der Waals surface area contributed by atoms with Gasteiger partial charge in [-0.2, -0.15) is 0 Å². The molecule has 0 amide bonds. The van der Waals surface area contributed by atoms with E-state index in [-0.39, 0.29) is 30.8 Å². The second kappa shape index (κ2) is 10.3. The molecule has 28 heavy (non-hydrogen) atoms. The van der Waals surface area contributed by atoms with Gasteiger partial charge in [0.1, 0.15) is 6.10 Å². The molecular weight excluding hydrogens is 368 g/mol. The highest BCUT2D eigenvalue weighted by Gasteiger charge is 2.51. The molecule has 1 N–H and O–H groups in total. The summed E-state index contributed by atoms with van der Waals surface area (Å²) in [5.74, 6) is 0.191. The molecule has 0 radical (unpaired) electrons. The normalized spacial score (nSPS) is 22.1. The standard InChI is InChI=1S/C23H40O4Si/c1-16(2)28(17(3)4,18(5)6)27-22(19(7)23-21(13-24)26-23)15-25-14-20-11-9-8-10-12-20/h8-12,16-19,21-24H,13-15H2,1-7H3/t19-,21+,22-,23+/m0/s1. The van der Waals surface area contributed by atoms with Crippen molar-refractivity contribution in [3.63, 3.8) is 0 Å². The third-order valence-corrected chi connectivity index (χ3v) is 12.5. The molecule has 1 aliphatic rings. The van der Waals surface area contributed by atoms with Crippen LogP contribution in [-0.4, -0.2) is 44.9 Å². The van der Waals surface area contributed by atoms with Crippen molar-refractivity contribution in [2.75, 3.05) is 13.2 Å². The Labute approximate surface area is 172 Å². The van der Waals surface area contributed by atoms with Crippen molar-refractivity contribution in [2.24, 2.45) is 5.92 Å². The smallest absolute Gasteiger partial charge is 0.200 e. The maximum absolute atomic E-state index is 9.44. The van der Waals surface area contributed by atoms with Crippen molar-refractivity contribution in [1.29, 1.82) is 0 Å². The van der Waals surface area contributed by atoms with Crippen molar-refractivity contribution >= 4 is 8.32 Å². The summed E-state index contributed by atoms with van der Waals surface area (Å²) in [5.41, 5.74) is 2.73. The first-order valence-corrected chi connectivity index (χ1v) is 12.9. The summed E-state index contributed by atoms with van der Waals surface area (Å²) < 4.78 is 18.9. The lowest BCUT2D eigenvalue weighted by Gasteiger charge is -2.45. The average molecular weight is 409 g/mol. The maximum Gasteiger partial charge on any atom is 0.200 e. The van der Waals surface area contributed by atoms with Gasteiger partial charge < -0.3 is 19.0 Å². The van der Waals surface area contributed by atoms with Crippen LogP contribution in [0.15, 0.2) is 30.3 Å². The Hall–Kier alpha value is -0.723. The zero-order valence-corrected chi connectivity index (χ0v) is 19.7. The SMILES string of the molecule is CC(C)[Si](O[C@@H](COCc1ccccc1)[C@H](C)[C@H]1O[C@@H]1CO)(C(C)C)C(C)C. The largest absolute Gasteiger partial charge is 0.410 e. The third kappa shape index (κ3) is 5.45. The molecule has 1 fully saturated rings. The molecule has 0 saturated carbocycles. The first kappa shape index (κ1) is 23.6. The van der Waals surface area contributed by atoms with E-state index in [0.29, 0.717) is 29.8 Å². The second-order valence-corrected chi connectivity index (χ2v) is 14.6. The van der Waals surface area contributed by atoms with Gasteiger partial charge in [0.15, 0.2) is 0 Å². The van der Waals surface area contributed by atoms with Gasteiger partial charge in [0.25, 0.3) is 0 Å². The minimum absolute atomic E-state index is 0.0240. The van der Waals surface area contributed by atoms with Crippen LogP contribution in [0, 0.1) is 5.92 Å². The van der Waals surface area contributed by atoms with E-state index in [1.54, 1.807) is 0 Å². The van der Waals surface area contributed by atoms with E-state index in [2.05, 4.69) is 60.6 Å². The van der Waals surface area contributed by atoms with E-state index >= 15 is 0 Å². The number of hydrogen-bond donors (Lipinski definition) is 1. The minimum Gasteiger partial charge on any atom is -0.410 e. The molecule has 0 bridgehead atoms. The van der Waals surface area contributed by atoms with E-state index in [9.17, 15) is 5.11 Å². The van der Waals surface area contributed by atoms with Crippen LogP contribution in [0.4, 0.5) is 0 Å². The van der Waals surface area contributed by atoms with Crippen molar-refractivity contribution < 1.29 is 19.0 Å². The van der Waals surface area contributed by atoms with Gasteiger partial charge in [-0.15, -0.1) is 0 Å². The number of benzene rings is 1. The van der Waals surface area contributed by atoms with Gasteiger partial charge in [0.05, 0.1) is 32.0 Å². The van der Waals surface area contributed by atoms with Crippen LogP contribution in [0.2, 0.25) is 16.6 Å². The third-order valence-electron chi connectivity index (χ3n) is 6.36. The number of aliphatic hydroxyl groups excluding tert-OH is 1. The van der Waals surface area contributed by atoms with Gasteiger partial charge in [-0.3, -0.25) is 0 Å². The minimum atomic E-state index is -2.03. The van der Waals surface area contributed by atoms with Gasteiger partial charge in [0.2, 0.25) is 8.32 Å². The number of rotatable bonds is 12. The molecule has 4 atom stereocenters. The lowest BCUT2D eigenvalue weighted by Crippen LogP contribution is -2.52. The Morgan fingerprint density at radius 3 is 2.00 bits per heavy atom. The first-order chi connectivity index (χ1) is 13.2. The topological polar surface area (TPSA) is 51.2 Å². The van der Waals surface area contributed by atoms with E-state index in [1.165, 1.54) is 5.56 Å². The molecule has 5 heteroatoms. The molecule has 0 aromatic heterocycles. The maximum atomic E-state index is 9.44. The molecule has 160 valence electrons. The molecule has 0 spiro atoms. The molecule has 0 unspecified atom stereocenters. The summed E-state index contributed by atoms with van der Waals surface area (Å²) in [7, 11) is -2.03. The predicted molar refractivity (Wildman–Crippen MR) is 117 cm³/mol. The van der Waals surface area contributed by atoms with E-state index in [4.69, 9.17) is 13.9 Å². The van der Waals surface area contributed by atoms with Crippen molar-refractivity contribution in [1.82, 2.24) is 0 Å². The van der Waals surface area contributed by atoms with Gasteiger partial charge >= 0.3 is 0 Å². The highest BCUT2D eigenvalue weighted by atomic mass is 28.4. The highest BCUT2D eigenvalue weighted by molar-refractivity contribution is 6.77. The van der Waals surface area contributed by atoms with Gasteiger partial charge in [-0.05, 0) is 22.2 Å². The Bertz CT molecular complexity index is 553. The Morgan fingerprint density at radius 1 is 0.964 bits per heavy atom. The lowest BCUT2D eigenvalue weighted by atomic mass is 9.99. The molecule has 1 aromatic rings. The van der Waals surface area contributed by atoms with Crippen molar-refractivity contribution in [3.8, 4) is 0 Å². The van der Waals surface area contributed by atoms with E-state index in [1.807, 2.05) is 18.2 Å². The molecule has 1 aromatic carbocycles. The zero-order chi connectivity index (χ0) is 20.9. The van der Waals surface area contributed by atoms with Crippen LogP contribution in [0.25, 0.3) is 0 Å². The first-order valence-electron chi connectivity index (χ1n) is 10.8. The molecule has 0 aliphatic carbocycles. The second-order valence-electron chi connectivity index (χ2n) is 9.16. The molecule has 1 heterocycles. The summed E-state index contributed by atoms with van der Waals surface area (Å²) >= 11 is 0. The molecule has 1 saturated heterocycles. The van der Waals surface area contributed by atoms with Gasteiger partial charge in [-0.1, -0.05) is 78.8 Å².